The summed E-state index contributed by atoms with van der Waals surface area (Å²) in [6.45, 7) is 6.18. The lowest BCUT2D eigenvalue weighted by atomic mass is 10.0. The quantitative estimate of drug-likeness (QED) is 0.750. The number of fused-ring (bicyclic) bond motifs is 1. The number of nitrogens with zero attached hydrogens (tertiary/aromatic N) is 2. The molecule has 1 aromatic heterocycles. The number of nitrogens with one attached hydrogen (secondary N) is 1. The molecule has 0 saturated carbocycles. The number of anilines is 1. The Hall–Kier alpha value is -1.36. The van der Waals surface area contributed by atoms with Crippen molar-refractivity contribution in [3.8, 4) is 0 Å². The molecule has 1 aliphatic rings. The molecule has 1 N–H and O–H groups in total. The topological polar surface area (TPSA) is 37.4 Å². The van der Waals surface area contributed by atoms with Gasteiger partial charge in [0.05, 0.1) is 16.6 Å². The van der Waals surface area contributed by atoms with Crippen molar-refractivity contribution in [2.75, 3.05) is 38.2 Å². The lowest BCUT2D eigenvalue weighted by Gasteiger charge is -2.34. The van der Waals surface area contributed by atoms with Crippen LogP contribution in [-0.4, -0.2) is 44.4 Å². The smallest absolute Gasteiger partial charge is 0.0737 e. The van der Waals surface area contributed by atoms with E-state index >= 15 is 0 Å². The third kappa shape index (κ3) is 4.63. The largest absolute Gasteiger partial charge is 0.378 e. The predicted molar refractivity (Wildman–Crippen MR) is 106 cm³/mol. The van der Waals surface area contributed by atoms with Crippen molar-refractivity contribution in [3.63, 3.8) is 0 Å². The summed E-state index contributed by atoms with van der Waals surface area (Å²) in [5.74, 6) is 0. The van der Waals surface area contributed by atoms with Crippen molar-refractivity contribution in [1.82, 2.24) is 10.3 Å². The standard InChI is InChI=1S/C20H28ClN3O/c1-15-13-17-18(21)5-9-23-19(17)14-20(15)24-10-6-16(7-11-24)25-12-4-3-8-22-2/h5,9,13-14,16,22H,3-4,6-8,10-12H2,1-2H3. The number of aryl methyl sites for hydroxylation is 1. The first-order valence-corrected chi connectivity index (χ1v) is 9.63. The van der Waals surface area contributed by atoms with Crippen molar-refractivity contribution in [3.05, 3.63) is 35.0 Å². The molecule has 1 saturated heterocycles. The average molecular weight is 362 g/mol. The second-order valence-corrected chi connectivity index (χ2v) is 7.22. The fraction of sp³-hybridized carbons (Fsp3) is 0.550. The highest BCUT2D eigenvalue weighted by atomic mass is 35.5. The molecule has 0 radical (unpaired) electrons. The zero-order valence-corrected chi connectivity index (χ0v) is 16.0. The van der Waals surface area contributed by atoms with Crippen molar-refractivity contribution in [2.45, 2.75) is 38.7 Å². The van der Waals surface area contributed by atoms with Crippen molar-refractivity contribution >= 4 is 28.2 Å². The van der Waals surface area contributed by atoms with E-state index in [4.69, 9.17) is 16.3 Å². The highest BCUT2D eigenvalue weighted by Crippen LogP contribution is 2.31. The molecule has 0 spiro atoms. The summed E-state index contributed by atoms with van der Waals surface area (Å²) in [6.07, 6.45) is 6.68. The van der Waals surface area contributed by atoms with Crippen LogP contribution in [0.3, 0.4) is 0 Å². The molecule has 25 heavy (non-hydrogen) atoms. The number of pyridine rings is 1. The van der Waals surface area contributed by atoms with Crippen molar-refractivity contribution in [2.24, 2.45) is 0 Å². The molecular weight excluding hydrogens is 334 g/mol. The van der Waals surface area contributed by atoms with E-state index in [2.05, 4.69) is 34.3 Å². The van der Waals surface area contributed by atoms with E-state index in [1.807, 2.05) is 13.1 Å². The number of hydrogen-bond donors (Lipinski definition) is 1. The molecule has 0 atom stereocenters. The molecular formula is C20H28ClN3O. The Balaban J connectivity index is 1.58. The molecule has 0 bridgehead atoms. The molecule has 2 heterocycles. The maximum absolute atomic E-state index is 6.29. The van der Waals surface area contributed by atoms with E-state index in [9.17, 15) is 0 Å². The van der Waals surface area contributed by atoms with Gasteiger partial charge < -0.3 is 15.0 Å². The lowest BCUT2D eigenvalue weighted by molar-refractivity contribution is 0.0350. The molecule has 4 nitrogen and oxygen atoms in total. The molecule has 3 rings (SSSR count). The van der Waals surface area contributed by atoms with Gasteiger partial charge in [-0.05, 0) is 70.0 Å². The van der Waals surface area contributed by atoms with Gasteiger partial charge in [-0.25, -0.2) is 0 Å². The number of aromatic nitrogens is 1. The SMILES string of the molecule is CNCCCCOC1CCN(c2cc3nccc(Cl)c3cc2C)CC1. The number of halogens is 1. The van der Waals surface area contributed by atoms with Gasteiger partial charge in [-0.3, -0.25) is 4.98 Å². The summed E-state index contributed by atoms with van der Waals surface area (Å²) in [5.41, 5.74) is 3.50. The third-order valence-electron chi connectivity index (χ3n) is 4.96. The maximum Gasteiger partial charge on any atom is 0.0737 e. The van der Waals surface area contributed by atoms with Crippen LogP contribution in [0.1, 0.15) is 31.2 Å². The van der Waals surface area contributed by atoms with Crippen LogP contribution in [0.5, 0.6) is 0 Å². The lowest BCUT2D eigenvalue weighted by Crippen LogP contribution is -2.37. The maximum atomic E-state index is 6.29. The van der Waals surface area contributed by atoms with E-state index < -0.39 is 0 Å². The van der Waals surface area contributed by atoms with Gasteiger partial charge in [0.25, 0.3) is 0 Å². The minimum absolute atomic E-state index is 0.402. The third-order valence-corrected chi connectivity index (χ3v) is 5.29. The average Bonchev–Trinajstić information content (AvgIpc) is 2.63. The molecule has 0 unspecified atom stereocenters. The van der Waals surface area contributed by atoms with Crippen LogP contribution < -0.4 is 10.2 Å². The Morgan fingerprint density at radius 2 is 2.08 bits per heavy atom. The summed E-state index contributed by atoms with van der Waals surface area (Å²) in [5, 5.41) is 4.98. The summed E-state index contributed by atoms with van der Waals surface area (Å²) in [6, 6.07) is 6.18. The van der Waals surface area contributed by atoms with E-state index in [-0.39, 0.29) is 0 Å². The van der Waals surface area contributed by atoms with Crippen LogP contribution in [-0.2, 0) is 4.74 Å². The van der Waals surface area contributed by atoms with Gasteiger partial charge in [-0.1, -0.05) is 11.6 Å². The number of unbranched alkanes of at least 4 members (excludes halogenated alkanes) is 1. The highest BCUT2D eigenvalue weighted by molar-refractivity contribution is 6.35. The Morgan fingerprint density at radius 3 is 2.84 bits per heavy atom. The molecule has 0 aliphatic carbocycles. The van der Waals surface area contributed by atoms with E-state index in [0.717, 1.165) is 61.4 Å². The Bertz CT molecular complexity index is 699. The minimum atomic E-state index is 0.402. The fourth-order valence-electron chi connectivity index (χ4n) is 3.51. The Labute approximate surface area is 155 Å². The monoisotopic (exact) mass is 361 g/mol. The van der Waals surface area contributed by atoms with Crippen LogP contribution in [0, 0.1) is 6.92 Å². The van der Waals surface area contributed by atoms with Crippen molar-refractivity contribution < 1.29 is 4.74 Å². The van der Waals surface area contributed by atoms with Crippen LogP contribution in [0.15, 0.2) is 24.4 Å². The molecule has 1 fully saturated rings. The van der Waals surface area contributed by atoms with Crippen molar-refractivity contribution in [1.29, 1.82) is 0 Å². The number of piperidine rings is 1. The van der Waals surface area contributed by atoms with E-state index in [1.165, 1.54) is 17.7 Å². The number of benzene rings is 1. The van der Waals surface area contributed by atoms with Crippen LogP contribution in [0.4, 0.5) is 5.69 Å². The van der Waals surface area contributed by atoms with E-state index in [1.54, 1.807) is 6.20 Å². The normalized spacial score (nSPS) is 15.9. The predicted octanol–water partition coefficient (Wildman–Crippen LogP) is 4.18. The van der Waals surface area contributed by atoms with Gasteiger partial charge in [0.2, 0.25) is 0 Å². The highest BCUT2D eigenvalue weighted by Gasteiger charge is 2.21. The summed E-state index contributed by atoms with van der Waals surface area (Å²) in [7, 11) is 1.99. The van der Waals surface area contributed by atoms with Crippen LogP contribution in [0.25, 0.3) is 10.9 Å². The minimum Gasteiger partial charge on any atom is -0.378 e. The Kier molecular flexibility index (Phi) is 6.51. The molecule has 1 aliphatic heterocycles. The zero-order chi connectivity index (χ0) is 17.6. The second kappa shape index (κ2) is 8.84. The fourth-order valence-corrected chi connectivity index (χ4v) is 3.72. The molecule has 5 heteroatoms. The first-order chi connectivity index (χ1) is 12.2. The summed E-state index contributed by atoms with van der Waals surface area (Å²) >= 11 is 6.29. The molecule has 1 aromatic carbocycles. The summed E-state index contributed by atoms with van der Waals surface area (Å²) < 4.78 is 6.05. The molecule has 2 aromatic rings. The van der Waals surface area contributed by atoms with Gasteiger partial charge in [0, 0.05) is 37.0 Å². The van der Waals surface area contributed by atoms with Gasteiger partial charge in [-0.2, -0.15) is 0 Å². The van der Waals surface area contributed by atoms with Gasteiger partial charge in [0.1, 0.15) is 0 Å². The molecule has 0 amide bonds. The van der Waals surface area contributed by atoms with E-state index in [0.29, 0.717) is 6.10 Å². The first-order valence-electron chi connectivity index (χ1n) is 9.25. The summed E-state index contributed by atoms with van der Waals surface area (Å²) in [4.78, 5) is 6.93. The van der Waals surface area contributed by atoms with Gasteiger partial charge >= 0.3 is 0 Å². The van der Waals surface area contributed by atoms with Crippen LogP contribution >= 0.6 is 11.6 Å². The second-order valence-electron chi connectivity index (χ2n) is 6.82. The number of hydrogen-bond acceptors (Lipinski definition) is 4. The Morgan fingerprint density at radius 1 is 1.28 bits per heavy atom. The molecule has 136 valence electrons. The van der Waals surface area contributed by atoms with Gasteiger partial charge in [0.15, 0.2) is 0 Å². The van der Waals surface area contributed by atoms with Crippen LogP contribution in [0.2, 0.25) is 5.02 Å². The zero-order valence-electron chi connectivity index (χ0n) is 15.2. The van der Waals surface area contributed by atoms with Gasteiger partial charge in [-0.15, -0.1) is 0 Å². The first kappa shape index (κ1) is 18.4. The number of rotatable bonds is 7. The number of ether oxygens (including phenoxy) is 1.